The van der Waals surface area contributed by atoms with Crippen LogP contribution >= 0.6 is 11.8 Å². The molecule has 0 aliphatic heterocycles. The van der Waals surface area contributed by atoms with E-state index < -0.39 is 0 Å². The molecule has 0 fully saturated rings. The van der Waals surface area contributed by atoms with Gasteiger partial charge in [-0.2, -0.15) is 0 Å². The number of rotatable bonds is 10. The molecule has 0 saturated carbocycles. The number of ether oxygens (including phenoxy) is 1. The van der Waals surface area contributed by atoms with E-state index in [4.69, 9.17) is 4.74 Å². The van der Waals surface area contributed by atoms with Crippen molar-refractivity contribution in [1.82, 2.24) is 10.3 Å². The van der Waals surface area contributed by atoms with Crippen molar-refractivity contribution in [3.05, 3.63) is 23.4 Å². The summed E-state index contributed by atoms with van der Waals surface area (Å²) in [5.74, 6) is 1.17. The maximum atomic E-state index is 5.01. The number of pyridine rings is 1. The second-order valence-corrected chi connectivity index (χ2v) is 5.77. The Hall–Kier alpha value is -0.580. The first-order valence-corrected chi connectivity index (χ1v) is 8.04. The Bertz CT molecular complexity index is 358. The van der Waals surface area contributed by atoms with Gasteiger partial charge in [0.1, 0.15) is 0 Å². The van der Waals surface area contributed by atoms with Crippen LogP contribution in [0.2, 0.25) is 0 Å². The van der Waals surface area contributed by atoms with Crippen LogP contribution in [0.1, 0.15) is 37.3 Å². The van der Waals surface area contributed by atoms with Crippen LogP contribution < -0.4 is 5.32 Å². The van der Waals surface area contributed by atoms with Gasteiger partial charge in [0.2, 0.25) is 0 Å². The zero-order chi connectivity index (χ0) is 13.9. The Morgan fingerprint density at radius 2 is 2.21 bits per heavy atom. The Balaban J connectivity index is 2.36. The van der Waals surface area contributed by atoms with Crippen molar-refractivity contribution >= 4 is 11.8 Å². The Morgan fingerprint density at radius 1 is 1.37 bits per heavy atom. The van der Waals surface area contributed by atoms with Crippen molar-refractivity contribution < 1.29 is 4.74 Å². The lowest BCUT2D eigenvalue weighted by Crippen LogP contribution is -2.18. The Morgan fingerprint density at radius 3 is 2.89 bits per heavy atom. The monoisotopic (exact) mass is 282 g/mol. The Labute approximate surface area is 121 Å². The number of nitrogens with one attached hydrogen (secondary N) is 1. The summed E-state index contributed by atoms with van der Waals surface area (Å²) in [4.78, 5) is 4.57. The molecule has 0 radical (unpaired) electrons. The third-order valence-corrected chi connectivity index (χ3v) is 4.08. The summed E-state index contributed by atoms with van der Waals surface area (Å²) in [6.07, 6.45) is 5.85. The number of nitrogens with zero attached hydrogens (tertiary/aromatic N) is 1. The highest BCUT2D eigenvalue weighted by Crippen LogP contribution is 2.21. The number of thioether (sulfide) groups is 1. The van der Waals surface area contributed by atoms with Gasteiger partial charge >= 0.3 is 0 Å². The van der Waals surface area contributed by atoms with E-state index in [1.807, 2.05) is 18.0 Å². The first kappa shape index (κ1) is 16.5. The van der Waals surface area contributed by atoms with Crippen molar-refractivity contribution in [3.63, 3.8) is 0 Å². The van der Waals surface area contributed by atoms with Crippen molar-refractivity contribution in [2.75, 3.05) is 26.0 Å². The molecule has 1 aromatic rings. The molecule has 1 heterocycles. The number of hydrogen-bond donors (Lipinski definition) is 1. The topological polar surface area (TPSA) is 34.2 Å². The fourth-order valence-corrected chi connectivity index (χ4v) is 2.75. The Kier molecular flexibility index (Phi) is 8.88. The summed E-state index contributed by atoms with van der Waals surface area (Å²) in [6.45, 7) is 6.87. The van der Waals surface area contributed by atoms with E-state index in [9.17, 15) is 0 Å². The lowest BCUT2D eigenvalue weighted by molar-refractivity contribution is 0.199. The van der Waals surface area contributed by atoms with Crippen LogP contribution in [0.25, 0.3) is 0 Å². The molecular weight excluding hydrogens is 256 g/mol. The zero-order valence-corrected chi connectivity index (χ0v) is 13.2. The predicted octanol–water partition coefficient (Wildman–Crippen LogP) is 3.41. The van der Waals surface area contributed by atoms with Gasteiger partial charge in [0, 0.05) is 26.4 Å². The lowest BCUT2D eigenvalue weighted by atomic mass is 10.2. The fourth-order valence-electron chi connectivity index (χ4n) is 1.80. The van der Waals surface area contributed by atoms with Gasteiger partial charge in [-0.05, 0) is 30.2 Å². The van der Waals surface area contributed by atoms with Crippen LogP contribution in [0.4, 0.5) is 0 Å². The van der Waals surface area contributed by atoms with Crippen molar-refractivity contribution in [3.8, 4) is 0 Å². The molecule has 0 aromatic carbocycles. The minimum Gasteiger partial charge on any atom is -0.383 e. The first-order valence-electron chi connectivity index (χ1n) is 7.06. The predicted molar refractivity (Wildman–Crippen MR) is 82.8 cm³/mol. The van der Waals surface area contributed by atoms with Gasteiger partial charge < -0.3 is 10.1 Å². The van der Waals surface area contributed by atoms with E-state index in [-0.39, 0.29) is 0 Å². The molecule has 0 atom stereocenters. The van der Waals surface area contributed by atoms with Crippen molar-refractivity contribution in [1.29, 1.82) is 0 Å². The molecular formula is C15H26N2OS. The van der Waals surface area contributed by atoms with Crippen LogP contribution in [0.15, 0.2) is 17.3 Å². The smallest absolute Gasteiger partial charge is 0.0989 e. The molecule has 1 aromatic heterocycles. The second kappa shape index (κ2) is 10.2. The second-order valence-electron chi connectivity index (χ2n) is 4.69. The van der Waals surface area contributed by atoms with Crippen LogP contribution in [0.5, 0.6) is 0 Å². The summed E-state index contributed by atoms with van der Waals surface area (Å²) in [5.41, 5.74) is 2.53. The third kappa shape index (κ3) is 6.95. The van der Waals surface area contributed by atoms with Gasteiger partial charge in [-0.15, -0.1) is 11.8 Å². The van der Waals surface area contributed by atoms with Gasteiger partial charge in [-0.1, -0.05) is 25.8 Å². The molecule has 1 rings (SSSR count). The molecule has 0 unspecified atom stereocenters. The lowest BCUT2D eigenvalue weighted by Gasteiger charge is -2.08. The van der Waals surface area contributed by atoms with Crippen LogP contribution in [-0.4, -0.2) is 31.0 Å². The molecule has 0 bridgehead atoms. The molecule has 4 heteroatoms. The highest BCUT2D eigenvalue weighted by atomic mass is 32.2. The quantitative estimate of drug-likeness (QED) is 0.527. The number of methoxy groups -OCH3 is 1. The average molecular weight is 282 g/mol. The number of aromatic nitrogens is 1. The number of aryl methyl sites for hydroxylation is 1. The van der Waals surface area contributed by atoms with E-state index in [0.29, 0.717) is 0 Å². The van der Waals surface area contributed by atoms with Crippen molar-refractivity contribution in [2.24, 2.45) is 0 Å². The van der Waals surface area contributed by atoms with Crippen LogP contribution in [0, 0.1) is 6.92 Å². The minimum atomic E-state index is 0.748. The standard InChI is InChI=1S/C15H26N2OS/c1-4-5-6-9-19-15-13(2)10-14(12-17-15)11-16-7-8-18-3/h10,12,16H,4-9,11H2,1-3H3. The molecule has 0 saturated heterocycles. The molecule has 0 spiro atoms. The van der Waals surface area contributed by atoms with Crippen LogP contribution in [0.3, 0.4) is 0 Å². The molecule has 3 nitrogen and oxygen atoms in total. The van der Waals surface area contributed by atoms with E-state index in [0.717, 1.165) is 19.7 Å². The molecule has 0 amide bonds. The van der Waals surface area contributed by atoms with E-state index >= 15 is 0 Å². The molecule has 108 valence electrons. The van der Waals surface area contributed by atoms with E-state index in [1.165, 1.54) is 41.2 Å². The number of unbranched alkanes of at least 4 members (excludes halogenated alkanes) is 2. The summed E-state index contributed by atoms with van der Waals surface area (Å²) in [7, 11) is 1.72. The minimum absolute atomic E-state index is 0.748. The first-order chi connectivity index (χ1) is 9.27. The van der Waals surface area contributed by atoms with Gasteiger partial charge in [-0.25, -0.2) is 4.98 Å². The summed E-state index contributed by atoms with van der Waals surface area (Å²) in [5, 5.41) is 4.51. The van der Waals surface area contributed by atoms with Gasteiger partial charge in [0.15, 0.2) is 0 Å². The molecule has 0 aliphatic rings. The van der Waals surface area contributed by atoms with Crippen molar-refractivity contribution in [2.45, 2.75) is 44.7 Å². The maximum Gasteiger partial charge on any atom is 0.0989 e. The largest absolute Gasteiger partial charge is 0.383 e. The normalized spacial score (nSPS) is 10.9. The maximum absolute atomic E-state index is 5.01. The fraction of sp³-hybridized carbons (Fsp3) is 0.667. The summed E-state index contributed by atoms with van der Waals surface area (Å²) in [6, 6.07) is 2.23. The molecule has 0 aliphatic carbocycles. The van der Waals surface area contributed by atoms with Gasteiger partial charge in [-0.3, -0.25) is 0 Å². The summed E-state index contributed by atoms with van der Waals surface area (Å²) < 4.78 is 5.01. The van der Waals surface area contributed by atoms with E-state index in [1.54, 1.807) is 7.11 Å². The third-order valence-electron chi connectivity index (χ3n) is 2.89. The summed E-state index contributed by atoms with van der Waals surface area (Å²) >= 11 is 1.88. The SMILES string of the molecule is CCCCCSc1ncc(CNCCOC)cc1C. The van der Waals surface area contributed by atoms with E-state index in [2.05, 4.69) is 30.2 Å². The highest BCUT2D eigenvalue weighted by Gasteiger charge is 2.02. The van der Waals surface area contributed by atoms with Gasteiger partial charge in [0.25, 0.3) is 0 Å². The average Bonchev–Trinajstić information content (AvgIpc) is 2.42. The zero-order valence-electron chi connectivity index (χ0n) is 12.4. The van der Waals surface area contributed by atoms with Gasteiger partial charge in [0.05, 0.1) is 11.6 Å². The number of hydrogen-bond acceptors (Lipinski definition) is 4. The molecule has 19 heavy (non-hydrogen) atoms. The van der Waals surface area contributed by atoms with Crippen LogP contribution in [-0.2, 0) is 11.3 Å². The highest BCUT2D eigenvalue weighted by molar-refractivity contribution is 7.99. The molecule has 1 N–H and O–H groups in total.